The predicted octanol–water partition coefficient (Wildman–Crippen LogP) is 1.29. The van der Waals surface area contributed by atoms with E-state index in [-0.39, 0.29) is 17.2 Å². The number of nitrogens with two attached hydrogens (primary N) is 1. The van der Waals surface area contributed by atoms with Crippen molar-refractivity contribution in [1.29, 1.82) is 0 Å². The molecule has 1 aromatic rings. The highest BCUT2D eigenvalue weighted by atomic mass is 16.1. The molecule has 2 unspecified atom stereocenters. The number of carbonyl (C=O) groups is 1. The van der Waals surface area contributed by atoms with Gasteiger partial charge in [0, 0.05) is 18.5 Å². The second kappa shape index (κ2) is 4.49. The summed E-state index contributed by atoms with van der Waals surface area (Å²) in [5.74, 6) is 0.0508. The third kappa shape index (κ3) is 1.84. The minimum absolute atomic E-state index is 0.120. The Bertz CT molecular complexity index is 402. The van der Waals surface area contributed by atoms with Crippen LogP contribution in [0.1, 0.15) is 19.4 Å². The van der Waals surface area contributed by atoms with Crippen molar-refractivity contribution in [3.8, 4) is 0 Å². The van der Waals surface area contributed by atoms with Crippen molar-refractivity contribution in [2.24, 2.45) is 17.6 Å². The van der Waals surface area contributed by atoms with Crippen LogP contribution in [0.25, 0.3) is 0 Å². The van der Waals surface area contributed by atoms with Gasteiger partial charge in [-0.1, -0.05) is 44.2 Å². The number of nitrogens with one attached hydrogen (secondary N) is 1. The van der Waals surface area contributed by atoms with Crippen molar-refractivity contribution in [1.82, 2.24) is 5.32 Å². The molecule has 3 N–H and O–H groups in total. The second-order valence-electron chi connectivity index (χ2n) is 5.15. The Morgan fingerprint density at radius 3 is 2.59 bits per heavy atom. The van der Waals surface area contributed by atoms with Gasteiger partial charge in [-0.3, -0.25) is 4.79 Å². The standard InChI is InChI=1S/C14H20N2O/c1-10(2)14(11-6-4-3-5-7-11)9-16-8-12(14)13(15)17/h3-7,10,12,16H,8-9H2,1-2H3,(H2,15,17). The van der Waals surface area contributed by atoms with Crippen LogP contribution >= 0.6 is 0 Å². The van der Waals surface area contributed by atoms with Gasteiger partial charge in [0.25, 0.3) is 0 Å². The molecule has 1 saturated heterocycles. The molecule has 1 amide bonds. The van der Waals surface area contributed by atoms with Crippen LogP contribution in [-0.2, 0) is 10.2 Å². The maximum absolute atomic E-state index is 11.7. The molecule has 3 nitrogen and oxygen atoms in total. The lowest BCUT2D eigenvalue weighted by molar-refractivity contribution is -0.123. The number of amides is 1. The monoisotopic (exact) mass is 232 g/mol. The minimum atomic E-state index is -0.201. The molecule has 1 aliphatic rings. The molecule has 0 saturated carbocycles. The summed E-state index contributed by atoms with van der Waals surface area (Å²) in [5, 5.41) is 3.32. The number of hydrogen-bond donors (Lipinski definition) is 2. The third-order valence-corrected chi connectivity index (χ3v) is 4.07. The Morgan fingerprint density at radius 2 is 2.06 bits per heavy atom. The summed E-state index contributed by atoms with van der Waals surface area (Å²) in [7, 11) is 0. The second-order valence-corrected chi connectivity index (χ2v) is 5.15. The molecule has 0 aromatic heterocycles. The molecule has 0 aliphatic carbocycles. The normalized spacial score (nSPS) is 28.5. The van der Waals surface area contributed by atoms with Crippen molar-refractivity contribution < 1.29 is 4.79 Å². The van der Waals surface area contributed by atoms with E-state index in [1.807, 2.05) is 18.2 Å². The zero-order valence-electron chi connectivity index (χ0n) is 10.4. The van der Waals surface area contributed by atoms with Gasteiger partial charge in [0.15, 0.2) is 0 Å². The summed E-state index contributed by atoms with van der Waals surface area (Å²) < 4.78 is 0. The van der Waals surface area contributed by atoms with Gasteiger partial charge in [-0.25, -0.2) is 0 Å². The van der Waals surface area contributed by atoms with E-state index >= 15 is 0 Å². The van der Waals surface area contributed by atoms with E-state index in [0.717, 1.165) is 6.54 Å². The summed E-state index contributed by atoms with van der Waals surface area (Å²) in [6, 6.07) is 10.2. The summed E-state index contributed by atoms with van der Waals surface area (Å²) in [4.78, 5) is 11.7. The van der Waals surface area contributed by atoms with Gasteiger partial charge in [-0.15, -0.1) is 0 Å². The van der Waals surface area contributed by atoms with Gasteiger partial charge < -0.3 is 11.1 Å². The van der Waals surface area contributed by atoms with Crippen LogP contribution < -0.4 is 11.1 Å². The molecule has 92 valence electrons. The van der Waals surface area contributed by atoms with E-state index in [4.69, 9.17) is 5.73 Å². The number of benzene rings is 1. The van der Waals surface area contributed by atoms with Gasteiger partial charge >= 0.3 is 0 Å². The fourth-order valence-electron chi connectivity index (χ4n) is 3.07. The van der Waals surface area contributed by atoms with E-state index in [1.54, 1.807) is 0 Å². The molecule has 1 heterocycles. The van der Waals surface area contributed by atoms with Crippen LogP contribution in [0.3, 0.4) is 0 Å². The van der Waals surface area contributed by atoms with Crippen LogP contribution in [0.5, 0.6) is 0 Å². The van der Waals surface area contributed by atoms with Crippen LogP contribution in [0.4, 0.5) is 0 Å². The Kier molecular flexibility index (Phi) is 3.20. The Hall–Kier alpha value is -1.35. The molecular formula is C14H20N2O. The van der Waals surface area contributed by atoms with Crippen molar-refractivity contribution in [3.05, 3.63) is 35.9 Å². The number of carbonyl (C=O) groups excluding carboxylic acids is 1. The fraction of sp³-hybridized carbons (Fsp3) is 0.500. The molecular weight excluding hydrogens is 212 g/mol. The molecule has 1 aromatic carbocycles. The average Bonchev–Trinajstić information content (AvgIpc) is 2.75. The van der Waals surface area contributed by atoms with Crippen molar-refractivity contribution in [2.75, 3.05) is 13.1 Å². The SMILES string of the molecule is CC(C)C1(c2ccccc2)CNCC1C(N)=O. The van der Waals surface area contributed by atoms with E-state index < -0.39 is 0 Å². The van der Waals surface area contributed by atoms with Gasteiger partial charge in [-0.2, -0.15) is 0 Å². The minimum Gasteiger partial charge on any atom is -0.369 e. The molecule has 0 radical (unpaired) electrons. The lowest BCUT2D eigenvalue weighted by Crippen LogP contribution is -2.46. The molecule has 1 fully saturated rings. The van der Waals surface area contributed by atoms with E-state index in [9.17, 15) is 4.79 Å². The Morgan fingerprint density at radius 1 is 1.41 bits per heavy atom. The largest absolute Gasteiger partial charge is 0.369 e. The van der Waals surface area contributed by atoms with Gasteiger partial charge in [0.2, 0.25) is 5.91 Å². The van der Waals surface area contributed by atoms with Crippen molar-refractivity contribution in [2.45, 2.75) is 19.3 Å². The topological polar surface area (TPSA) is 55.1 Å². The zero-order valence-corrected chi connectivity index (χ0v) is 10.4. The maximum atomic E-state index is 11.7. The fourth-order valence-corrected chi connectivity index (χ4v) is 3.07. The van der Waals surface area contributed by atoms with Crippen molar-refractivity contribution >= 4 is 5.91 Å². The first-order valence-corrected chi connectivity index (χ1v) is 6.14. The highest BCUT2D eigenvalue weighted by Crippen LogP contribution is 2.41. The molecule has 3 heteroatoms. The summed E-state index contributed by atoms with van der Waals surface area (Å²) >= 11 is 0. The Balaban J connectivity index is 2.50. The van der Waals surface area contributed by atoms with Crippen LogP contribution in [0.2, 0.25) is 0 Å². The van der Waals surface area contributed by atoms with Crippen LogP contribution in [0.15, 0.2) is 30.3 Å². The number of primary amides is 1. The van der Waals surface area contributed by atoms with Crippen LogP contribution in [0, 0.1) is 11.8 Å². The first-order chi connectivity index (χ1) is 8.09. The van der Waals surface area contributed by atoms with E-state index in [1.165, 1.54) is 5.56 Å². The summed E-state index contributed by atoms with van der Waals surface area (Å²) in [5.41, 5.74) is 6.62. The first kappa shape index (κ1) is 12.1. The van der Waals surface area contributed by atoms with Gasteiger partial charge in [0.1, 0.15) is 0 Å². The zero-order chi connectivity index (χ0) is 12.5. The lowest BCUT2D eigenvalue weighted by Gasteiger charge is -2.37. The predicted molar refractivity (Wildman–Crippen MR) is 68.5 cm³/mol. The third-order valence-electron chi connectivity index (χ3n) is 4.07. The van der Waals surface area contributed by atoms with E-state index in [0.29, 0.717) is 12.5 Å². The highest BCUT2D eigenvalue weighted by Gasteiger charge is 2.49. The lowest BCUT2D eigenvalue weighted by atomic mass is 9.65. The molecule has 2 rings (SSSR count). The summed E-state index contributed by atoms with van der Waals surface area (Å²) in [6.07, 6.45) is 0. The Labute approximate surface area is 102 Å². The van der Waals surface area contributed by atoms with Crippen molar-refractivity contribution in [3.63, 3.8) is 0 Å². The van der Waals surface area contributed by atoms with Gasteiger partial charge in [0.05, 0.1) is 5.92 Å². The molecule has 1 aliphatic heterocycles. The average molecular weight is 232 g/mol. The number of rotatable bonds is 3. The van der Waals surface area contributed by atoms with Gasteiger partial charge in [-0.05, 0) is 11.5 Å². The first-order valence-electron chi connectivity index (χ1n) is 6.14. The molecule has 0 spiro atoms. The van der Waals surface area contributed by atoms with E-state index in [2.05, 4.69) is 31.3 Å². The molecule has 0 bridgehead atoms. The highest BCUT2D eigenvalue weighted by molar-refractivity contribution is 5.79. The molecule has 17 heavy (non-hydrogen) atoms. The molecule has 2 atom stereocenters. The van der Waals surface area contributed by atoms with Crippen LogP contribution in [-0.4, -0.2) is 19.0 Å². The quantitative estimate of drug-likeness (QED) is 0.825. The smallest absolute Gasteiger partial charge is 0.222 e. The maximum Gasteiger partial charge on any atom is 0.222 e. The number of hydrogen-bond acceptors (Lipinski definition) is 2. The summed E-state index contributed by atoms with van der Waals surface area (Å²) in [6.45, 7) is 5.83.